The van der Waals surface area contributed by atoms with E-state index in [0.717, 1.165) is 21.7 Å². The van der Waals surface area contributed by atoms with Gasteiger partial charge in [-0.1, -0.05) is 29.8 Å². The van der Waals surface area contributed by atoms with Gasteiger partial charge < -0.3 is 4.74 Å². The van der Waals surface area contributed by atoms with Crippen LogP contribution in [0, 0.1) is 6.92 Å². The van der Waals surface area contributed by atoms with Crippen LogP contribution < -0.4 is 11.2 Å². The van der Waals surface area contributed by atoms with Gasteiger partial charge in [0.2, 0.25) is 0 Å². The largest absolute Gasteiger partial charge is 0.371 e. The number of ether oxygens (including phenoxy) is 1. The van der Waals surface area contributed by atoms with E-state index in [4.69, 9.17) is 4.74 Å². The van der Waals surface area contributed by atoms with Crippen LogP contribution in [0.3, 0.4) is 0 Å². The third-order valence-electron chi connectivity index (χ3n) is 4.66. The molecule has 0 aliphatic carbocycles. The van der Waals surface area contributed by atoms with Gasteiger partial charge in [-0.3, -0.25) is 13.9 Å². The second kappa shape index (κ2) is 7.21. The number of epoxide rings is 1. The van der Waals surface area contributed by atoms with Crippen LogP contribution in [0.5, 0.6) is 0 Å². The minimum atomic E-state index is -0.342. The molecule has 27 heavy (non-hydrogen) atoms. The Morgan fingerprint density at radius 1 is 1.07 bits per heavy atom. The van der Waals surface area contributed by atoms with Crippen molar-refractivity contribution >= 4 is 11.8 Å². The Bertz CT molecular complexity index is 1080. The van der Waals surface area contributed by atoms with Gasteiger partial charge in [0, 0.05) is 11.0 Å². The Morgan fingerprint density at radius 2 is 1.74 bits per heavy atom. The highest BCUT2D eigenvalue weighted by atomic mass is 32.2. The van der Waals surface area contributed by atoms with E-state index < -0.39 is 0 Å². The zero-order chi connectivity index (χ0) is 19.0. The van der Waals surface area contributed by atoms with E-state index in [0.29, 0.717) is 12.3 Å². The Balaban J connectivity index is 1.94. The van der Waals surface area contributed by atoms with Gasteiger partial charge >= 0.3 is 5.69 Å². The van der Waals surface area contributed by atoms with Crippen molar-refractivity contribution < 1.29 is 4.74 Å². The van der Waals surface area contributed by atoms with Crippen molar-refractivity contribution in [1.29, 1.82) is 0 Å². The first-order valence-electron chi connectivity index (χ1n) is 8.77. The molecule has 1 fully saturated rings. The fourth-order valence-corrected chi connectivity index (χ4v) is 3.45. The minimum Gasteiger partial charge on any atom is -0.371 e. The lowest BCUT2D eigenvalue weighted by atomic mass is 10.1. The van der Waals surface area contributed by atoms with Crippen LogP contribution in [0.15, 0.2) is 69.1 Å². The Morgan fingerprint density at radius 3 is 2.33 bits per heavy atom. The van der Waals surface area contributed by atoms with Crippen molar-refractivity contribution in [3.05, 3.63) is 81.0 Å². The molecular formula is C21H20N2O3S. The molecular weight excluding hydrogens is 360 g/mol. The van der Waals surface area contributed by atoms with Crippen molar-refractivity contribution in [2.75, 3.05) is 12.9 Å². The lowest BCUT2D eigenvalue weighted by molar-refractivity contribution is 0.375. The summed E-state index contributed by atoms with van der Waals surface area (Å²) in [6.07, 6.45) is 1.96. The fourth-order valence-electron chi connectivity index (χ4n) is 3.04. The predicted molar refractivity (Wildman–Crippen MR) is 108 cm³/mol. The monoisotopic (exact) mass is 380 g/mol. The molecule has 1 aliphatic rings. The highest BCUT2D eigenvalue weighted by Gasteiger charge is 2.25. The molecule has 0 bridgehead atoms. The smallest absolute Gasteiger partial charge is 0.336 e. The summed E-state index contributed by atoms with van der Waals surface area (Å²) in [4.78, 5) is 27.0. The summed E-state index contributed by atoms with van der Waals surface area (Å²) in [6, 6.07) is 17.1. The number of nitrogens with zero attached hydrogens (tertiary/aromatic N) is 2. The molecule has 2 heterocycles. The van der Waals surface area contributed by atoms with Gasteiger partial charge in [-0.25, -0.2) is 4.79 Å². The quantitative estimate of drug-likeness (QED) is 0.504. The number of hydrogen-bond donors (Lipinski definition) is 0. The van der Waals surface area contributed by atoms with Crippen molar-refractivity contribution in [2.45, 2.75) is 24.5 Å². The summed E-state index contributed by atoms with van der Waals surface area (Å²) < 4.78 is 8.09. The molecule has 2 aromatic carbocycles. The number of rotatable bonds is 5. The first kappa shape index (κ1) is 17.8. The molecule has 1 atom stereocenters. The highest BCUT2D eigenvalue weighted by Crippen LogP contribution is 2.23. The molecule has 0 spiro atoms. The van der Waals surface area contributed by atoms with Crippen LogP contribution >= 0.6 is 11.8 Å². The molecule has 0 radical (unpaired) electrons. The van der Waals surface area contributed by atoms with Crippen LogP contribution in [0.1, 0.15) is 5.56 Å². The standard InChI is InChI=1S/C21H20N2O3S/c1-14-3-5-15(6-4-14)19-11-20(24)22(12-17-13-26-17)21(25)23(19)16-7-9-18(27-2)10-8-16/h3-11,17H,12-13H2,1-2H3. The van der Waals surface area contributed by atoms with Gasteiger partial charge in [0.15, 0.2) is 0 Å². The van der Waals surface area contributed by atoms with E-state index in [2.05, 4.69) is 0 Å². The van der Waals surface area contributed by atoms with Gasteiger partial charge in [0.25, 0.3) is 5.56 Å². The topological polar surface area (TPSA) is 56.5 Å². The molecule has 4 rings (SSSR count). The van der Waals surface area contributed by atoms with Gasteiger partial charge in [-0.2, -0.15) is 0 Å². The molecule has 0 amide bonds. The maximum Gasteiger partial charge on any atom is 0.336 e. The number of aromatic nitrogens is 2. The Hall–Kier alpha value is -2.57. The Labute approximate surface area is 161 Å². The van der Waals surface area contributed by atoms with E-state index in [-0.39, 0.29) is 23.9 Å². The molecule has 5 nitrogen and oxygen atoms in total. The zero-order valence-electron chi connectivity index (χ0n) is 15.2. The lowest BCUT2D eigenvalue weighted by Gasteiger charge is -2.16. The molecule has 0 N–H and O–H groups in total. The molecule has 3 aromatic rings. The molecule has 0 saturated carbocycles. The number of aryl methyl sites for hydroxylation is 1. The van der Waals surface area contributed by atoms with E-state index in [1.165, 1.54) is 10.6 Å². The first-order chi connectivity index (χ1) is 13.1. The molecule has 1 aromatic heterocycles. The SMILES string of the molecule is CSc1ccc(-n2c(-c3ccc(C)cc3)cc(=O)n(CC3CO3)c2=O)cc1. The second-order valence-electron chi connectivity index (χ2n) is 6.62. The van der Waals surface area contributed by atoms with Crippen molar-refractivity contribution in [1.82, 2.24) is 9.13 Å². The fraction of sp³-hybridized carbons (Fsp3) is 0.238. The average molecular weight is 380 g/mol. The summed E-state index contributed by atoms with van der Waals surface area (Å²) in [5, 5.41) is 0. The maximum absolute atomic E-state index is 13.2. The third-order valence-corrected chi connectivity index (χ3v) is 5.40. The van der Waals surface area contributed by atoms with Crippen LogP contribution in [0.25, 0.3) is 16.9 Å². The average Bonchev–Trinajstić information content (AvgIpc) is 3.50. The normalized spacial score (nSPS) is 15.7. The summed E-state index contributed by atoms with van der Waals surface area (Å²) in [6.45, 7) is 2.88. The van der Waals surface area contributed by atoms with E-state index in [9.17, 15) is 9.59 Å². The van der Waals surface area contributed by atoms with Gasteiger partial charge in [0.05, 0.1) is 30.6 Å². The van der Waals surface area contributed by atoms with Crippen molar-refractivity contribution in [2.24, 2.45) is 0 Å². The first-order valence-corrected chi connectivity index (χ1v) is 9.99. The number of benzene rings is 2. The minimum absolute atomic E-state index is 0.0482. The Kier molecular flexibility index (Phi) is 4.76. The number of hydrogen-bond acceptors (Lipinski definition) is 4. The summed E-state index contributed by atoms with van der Waals surface area (Å²) in [5.41, 5.74) is 2.64. The summed E-state index contributed by atoms with van der Waals surface area (Å²) in [7, 11) is 0. The predicted octanol–water partition coefficient (Wildman–Crippen LogP) is 3.10. The third kappa shape index (κ3) is 3.63. The maximum atomic E-state index is 13.2. The molecule has 1 saturated heterocycles. The number of thioether (sulfide) groups is 1. The van der Waals surface area contributed by atoms with Crippen molar-refractivity contribution in [3.8, 4) is 16.9 Å². The van der Waals surface area contributed by atoms with E-state index in [1.54, 1.807) is 16.3 Å². The van der Waals surface area contributed by atoms with Crippen LogP contribution in [0.2, 0.25) is 0 Å². The van der Waals surface area contributed by atoms with Gasteiger partial charge in [-0.05, 0) is 43.0 Å². The zero-order valence-corrected chi connectivity index (χ0v) is 16.0. The highest BCUT2D eigenvalue weighted by molar-refractivity contribution is 7.98. The molecule has 6 heteroatoms. The van der Waals surface area contributed by atoms with Crippen LogP contribution in [-0.2, 0) is 11.3 Å². The molecule has 1 aliphatic heterocycles. The molecule has 138 valence electrons. The van der Waals surface area contributed by atoms with Crippen LogP contribution in [-0.4, -0.2) is 28.1 Å². The van der Waals surface area contributed by atoms with Gasteiger partial charge in [-0.15, -0.1) is 11.8 Å². The lowest BCUT2D eigenvalue weighted by Crippen LogP contribution is -2.40. The van der Waals surface area contributed by atoms with Crippen LogP contribution in [0.4, 0.5) is 0 Å². The second-order valence-corrected chi connectivity index (χ2v) is 7.50. The molecule has 1 unspecified atom stereocenters. The summed E-state index contributed by atoms with van der Waals surface area (Å²) in [5.74, 6) is 0. The van der Waals surface area contributed by atoms with E-state index >= 15 is 0 Å². The summed E-state index contributed by atoms with van der Waals surface area (Å²) >= 11 is 1.64. The van der Waals surface area contributed by atoms with Crippen molar-refractivity contribution in [3.63, 3.8) is 0 Å². The van der Waals surface area contributed by atoms with E-state index in [1.807, 2.05) is 61.7 Å². The van der Waals surface area contributed by atoms with Gasteiger partial charge in [0.1, 0.15) is 0 Å².